The van der Waals surface area contributed by atoms with Gasteiger partial charge in [0.15, 0.2) is 5.82 Å². The van der Waals surface area contributed by atoms with Crippen LogP contribution in [0.4, 0.5) is 11.6 Å². The third-order valence-corrected chi connectivity index (χ3v) is 9.23. The molecule has 4 heterocycles. The molecule has 0 bridgehead atoms. The largest absolute Gasteiger partial charge is 0.382 e. The zero-order chi connectivity index (χ0) is 30.5. The maximum Gasteiger partial charge on any atom is 0.262 e. The molecule has 43 heavy (non-hydrogen) atoms. The van der Waals surface area contributed by atoms with E-state index < -0.39 is 29.7 Å². The number of amides is 4. The van der Waals surface area contributed by atoms with Gasteiger partial charge in [-0.05, 0) is 49.9 Å². The fourth-order valence-electron chi connectivity index (χ4n) is 5.79. The first-order chi connectivity index (χ1) is 20.5. The highest BCUT2D eigenvalue weighted by atomic mass is 35.5. The molecule has 6 rings (SSSR count). The number of nitrogens with zero attached hydrogens (tertiary/aromatic N) is 4. The molecular formula is C30H29Cl2N7O4. The minimum Gasteiger partial charge on any atom is -0.382 e. The molecule has 4 amide bonds. The average molecular weight is 623 g/mol. The van der Waals surface area contributed by atoms with Crippen molar-refractivity contribution in [3.63, 3.8) is 0 Å². The number of hydrogen-bond acceptors (Lipinski definition) is 9. The topological polar surface area (TPSA) is 151 Å². The van der Waals surface area contributed by atoms with Crippen molar-refractivity contribution in [1.29, 1.82) is 0 Å². The van der Waals surface area contributed by atoms with Crippen molar-refractivity contribution in [2.75, 3.05) is 23.7 Å². The van der Waals surface area contributed by atoms with Crippen LogP contribution >= 0.6 is 23.2 Å². The molecule has 4 N–H and O–H groups in total. The van der Waals surface area contributed by atoms with Crippen molar-refractivity contribution in [2.24, 2.45) is 0 Å². The highest BCUT2D eigenvalue weighted by Crippen LogP contribution is 2.36. The summed E-state index contributed by atoms with van der Waals surface area (Å²) < 4.78 is 0. The fraction of sp³-hybridized carbons (Fsp3) is 0.333. The Morgan fingerprint density at radius 1 is 1.05 bits per heavy atom. The van der Waals surface area contributed by atoms with Crippen LogP contribution in [0, 0.1) is 0 Å². The number of rotatable bonds is 6. The molecule has 1 unspecified atom stereocenters. The van der Waals surface area contributed by atoms with E-state index in [1.54, 1.807) is 36.5 Å². The third-order valence-electron chi connectivity index (χ3n) is 8.41. The molecule has 3 aromatic rings. The number of piperidine rings is 2. The molecule has 2 fully saturated rings. The van der Waals surface area contributed by atoms with E-state index in [-0.39, 0.29) is 35.3 Å². The lowest BCUT2D eigenvalue weighted by Gasteiger charge is -2.40. The fourth-order valence-corrected chi connectivity index (χ4v) is 6.18. The Morgan fingerprint density at radius 3 is 2.51 bits per heavy atom. The van der Waals surface area contributed by atoms with Crippen molar-refractivity contribution >= 4 is 58.5 Å². The number of imide groups is 2. The molecule has 1 atom stereocenters. The van der Waals surface area contributed by atoms with E-state index in [9.17, 15) is 19.2 Å². The van der Waals surface area contributed by atoms with E-state index in [1.807, 2.05) is 6.07 Å². The summed E-state index contributed by atoms with van der Waals surface area (Å²) in [7, 11) is 0. The van der Waals surface area contributed by atoms with Crippen LogP contribution in [-0.2, 0) is 16.1 Å². The molecule has 2 saturated heterocycles. The Morgan fingerprint density at radius 2 is 1.79 bits per heavy atom. The van der Waals surface area contributed by atoms with E-state index in [1.165, 1.54) is 0 Å². The zero-order valence-corrected chi connectivity index (χ0v) is 24.8. The first-order valence-electron chi connectivity index (χ1n) is 14.0. The Labute approximate surface area is 257 Å². The molecular weight excluding hydrogens is 593 g/mol. The lowest BCUT2D eigenvalue weighted by Crippen LogP contribution is -2.54. The van der Waals surface area contributed by atoms with Crippen LogP contribution in [0.1, 0.15) is 58.9 Å². The van der Waals surface area contributed by atoms with Crippen molar-refractivity contribution in [3.8, 4) is 11.3 Å². The molecule has 0 radical (unpaired) electrons. The third kappa shape index (κ3) is 5.44. The van der Waals surface area contributed by atoms with Gasteiger partial charge in [0, 0.05) is 37.2 Å². The van der Waals surface area contributed by atoms with Crippen LogP contribution < -0.4 is 21.3 Å². The second kappa shape index (κ2) is 11.2. The van der Waals surface area contributed by atoms with Crippen LogP contribution in [0.5, 0.6) is 0 Å². The molecule has 2 aromatic carbocycles. The maximum atomic E-state index is 13.2. The van der Waals surface area contributed by atoms with Gasteiger partial charge in [0.1, 0.15) is 17.6 Å². The SMILES string of the molecule is CC1(NCc2ccc3c(c2)C(=O)N(C2CCC(=O)NC2=O)C3=O)CCN(c2cnc(-c3cccc(Cl)c3Cl)c(N)n2)CC1. The molecule has 3 aliphatic rings. The molecule has 1 aromatic heterocycles. The van der Waals surface area contributed by atoms with Gasteiger partial charge in [-0.3, -0.25) is 29.4 Å². The van der Waals surface area contributed by atoms with Gasteiger partial charge in [0.25, 0.3) is 11.8 Å². The smallest absolute Gasteiger partial charge is 0.262 e. The zero-order valence-electron chi connectivity index (χ0n) is 23.3. The van der Waals surface area contributed by atoms with Crippen molar-refractivity contribution in [3.05, 3.63) is 69.3 Å². The second-order valence-corrected chi connectivity index (χ2v) is 12.1. The highest BCUT2D eigenvalue weighted by molar-refractivity contribution is 6.43. The van der Waals surface area contributed by atoms with Gasteiger partial charge < -0.3 is 16.0 Å². The Hall–Kier alpha value is -4.06. The number of benzene rings is 2. The normalized spacial score (nSPS) is 19.9. The highest BCUT2D eigenvalue weighted by Gasteiger charge is 2.44. The lowest BCUT2D eigenvalue weighted by molar-refractivity contribution is -0.136. The van der Waals surface area contributed by atoms with Crippen LogP contribution in [-0.4, -0.2) is 63.2 Å². The molecule has 3 aliphatic heterocycles. The number of hydrogen-bond donors (Lipinski definition) is 3. The van der Waals surface area contributed by atoms with Gasteiger partial charge in [0.05, 0.1) is 27.4 Å². The Kier molecular flexibility index (Phi) is 7.57. The first kappa shape index (κ1) is 29.0. The molecule has 13 heteroatoms. The number of carbonyl (C=O) groups is 4. The second-order valence-electron chi connectivity index (χ2n) is 11.3. The van der Waals surface area contributed by atoms with Crippen LogP contribution in [0.15, 0.2) is 42.6 Å². The van der Waals surface area contributed by atoms with Gasteiger partial charge >= 0.3 is 0 Å². The molecule has 0 saturated carbocycles. The summed E-state index contributed by atoms with van der Waals surface area (Å²) in [5, 5.41) is 6.63. The van der Waals surface area contributed by atoms with E-state index >= 15 is 0 Å². The van der Waals surface area contributed by atoms with Crippen molar-refractivity contribution < 1.29 is 19.2 Å². The van der Waals surface area contributed by atoms with Crippen molar-refractivity contribution in [2.45, 2.75) is 50.7 Å². The van der Waals surface area contributed by atoms with Gasteiger partial charge in [-0.25, -0.2) is 9.97 Å². The molecule has 0 aliphatic carbocycles. The van der Waals surface area contributed by atoms with Gasteiger partial charge in [-0.15, -0.1) is 0 Å². The summed E-state index contributed by atoms with van der Waals surface area (Å²) in [5.41, 5.74) is 8.58. The van der Waals surface area contributed by atoms with Gasteiger partial charge in [0.2, 0.25) is 11.8 Å². The van der Waals surface area contributed by atoms with E-state index in [4.69, 9.17) is 28.9 Å². The quantitative estimate of drug-likeness (QED) is 0.351. The number of nitrogen functional groups attached to an aromatic ring is 1. The number of carbonyl (C=O) groups excluding carboxylic acids is 4. The molecule has 222 valence electrons. The first-order valence-corrected chi connectivity index (χ1v) is 14.7. The predicted octanol–water partition coefficient (Wildman–Crippen LogP) is 3.58. The minimum absolute atomic E-state index is 0.0815. The maximum absolute atomic E-state index is 13.2. The lowest BCUT2D eigenvalue weighted by atomic mass is 9.89. The number of fused-ring (bicyclic) bond motifs is 1. The summed E-state index contributed by atoms with van der Waals surface area (Å²) in [6.45, 7) is 4.10. The summed E-state index contributed by atoms with van der Waals surface area (Å²) in [6.07, 6.45) is 3.54. The number of anilines is 2. The van der Waals surface area contributed by atoms with E-state index in [2.05, 4.69) is 32.4 Å². The summed E-state index contributed by atoms with van der Waals surface area (Å²) in [4.78, 5) is 62.2. The summed E-state index contributed by atoms with van der Waals surface area (Å²) in [6, 6.07) is 9.46. The Bertz CT molecular complexity index is 1670. The van der Waals surface area contributed by atoms with E-state index in [0.717, 1.165) is 36.4 Å². The monoisotopic (exact) mass is 621 g/mol. The van der Waals surface area contributed by atoms with Gasteiger partial charge in [-0.2, -0.15) is 0 Å². The standard InChI is InChI=1S/C30H29Cl2N7O4/c1-30(9-11-38(12-10-30)22-15-34-25(26(33)36-22)18-3-2-4-20(31)24(18)32)35-14-16-5-6-17-19(13-16)29(43)39(28(17)42)21-7-8-23(40)37-27(21)41/h2-6,13,15,21,35H,7-12,14H2,1H3,(H2,33,36)(H,37,40,41). The predicted molar refractivity (Wildman–Crippen MR) is 162 cm³/mol. The molecule has 0 spiro atoms. The number of halogens is 2. The number of nitrogens with one attached hydrogen (secondary N) is 2. The van der Waals surface area contributed by atoms with Crippen molar-refractivity contribution in [1.82, 2.24) is 25.5 Å². The minimum atomic E-state index is -0.985. The van der Waals surface area contributed by atoms with Gasteiger partial charge in [-0.1, -0.05) is 41.4 Å². The number of nitrogens with two attached hydrogens (primary N) is 1. The summed E-state index contributed by atoms with van der Waals surface area (Å²) >= 11 is 12.5. The van der Waals surface area contributed by atoms with Crippen LogP contribution in [0.2, 0.25) is 10.0 Å². The number of aromatic nitrogens is 2. The Balaban J connectivity index is 1.08. The summed E-state index contributed by atoms with van der Waals surface area (Å²) in [5.74, 6) is -1.10. The van der Waals surface area contributed by atoms with Crippen LogP contribution in [0.3, 0.4) is 0 Å². The average Bonchev–Trinajstić information content (AvgIpc) is 3.23. The molecule has 11 nitrogen and oxygen atoms in total. The van der Waals surface area contributed by atoms with E-state index in [0.29, 0.717) is 33.7 Å². The van der Waals surface area contributed by atoms with Crippen LogP contribution in [0.25, 0.3) is 11.3 Å².